The minimum atomic E-state index is 1.11. The monoisotopic (exact) mass is 824 g/mol. The molecule has 0 fully saturated rings. The Balaban J connectivity index is 0.970. The molecule has 2 nitrogen and oxygen atoms in total. The molecule has 10 aromatic carbocycles. The molecule has 0 aliphatic carbocycles. The van der Waals surface area contributed by atoms with E-state index in [1.165, 1.54) is 95.2 Å². The lowest BCUT2D eigenvalue weighted by molar-refractivity contribution is 1.19. The number of para-hydroxylation sites is 1. The largest absolute Gasteiger partial charge is 0.310 e. The van der Waals surface area contributed by atoms with Gasteiger partial charge in [-0.2, -0.15) is 0 Å². The number of hydrogen-bond donors (Lipinski definition) is 0. The summed E-state index contributed by atoms with van der Waals surface area (Å²) in [5, 5.41) is 10.2. The van der Waals surface area contributed by atoms with Crippen LogP contribution in [0.3, 0.4) is 0 Å². The first-order valence-corrected chi connectivity index (χ1v) is 22.7. The van der Waals surface area contributed by atoms with Crippen molar-refractivity contribution in [2.24, 2.45) is 0 Å². The van der Waals surface area contributed by atoms with E-state index in [9.17, 15) is 0 Å². The van der Waals surface area contributed by atoms with Crippen LogP contribution in [0.25, 0.3) is 101 Å². The fourth-order valence-electron chi connectivity index (χ4n) is 9.68. The summed E-state index contributed by atoms with van der Waals surface area (Å²) >= 11 is 3.74. The van der Waals surface area contributed by atoms with Crippen molar-refractivity contribution < 1.29 is 0 Å². The summed E-state index contributed by atoms with van der Waals surface area (Å²) in [4.78, 5) is 2.43. The molecule has 13 aromatic rings. The van der Waals surface area contributed by atoms with Crippen molar-refractivity contribution in [2.75, 3.05) is 4.90 Å². The summed E-state index contributed by atoms with van der Waals surface area (Å²) in [7, 11) is 0. The van der Waals surface area contributed by atoms with Crippen molar-refractivity contribution in [3.8, 4) is 27.9 Å². The van der Waals surface area contributed by atoms with Gasteiger partial charge in [-0.05, 0) is 100 Å². The average molecular weight is 825 g/mol. The molecule has 0 saturated heterocycles. The Hall–Kier alpha value is -7.50. The topological polar surface area (TPSA) is 8.17 Å². The van der Waals surface area contributed by atoms with Crippen LogP contribution in [0.2, 0.25) is 0 Å². The predicted molar refractivity (Wildman–Crippen MR) is 270 cm³/mol. The van der Waals surface area contributed by atoms with Crippen LogP contribution >= 0.6 is 22.7 Å². The third-order valence-corrected chi connectivity index (χ3v) is 14.9. The van der Waals surface area contributed by atoms with Crippen LogP contribution in [-0.2, 0) is 0 Å². The van der Waals surface area contributed by atoms with E-state index in [1.807, 2.05) is 22.7 Å². The predicted octanol–water partition coefficient (Wildman–Crippen LogP) is 17.5. The van der Waals surface area contributed by atoms with E-state index < -0.39 is 0 Å². The zero-order valence-electron chi connectivity index (χ0n) is 33.5. The van der Waals surface area contributed by atoms with Crippen LogP contribution in [-0.4, -0.2) is 4.57 Å². The fraction of sp³-hybridized carbons (Fsp3) is 0. The highest BCUT2D eigenvalue weighted by atomic mass is 32.1. The third kappa shape index (κ3) is 5.54. The molecular formula is C58H36N2S2. The first-order chi connectivity index (χ1) is 30.7. The Morgan fingerprint density at radius 1 is 0.339 bits per heavy atom. The summed E-state index contributed by atoms with van der Waals surface area (Å²) in [6, 6.07) is 80.4. The lowest BCUT2D eigenvalue weighted by atomic mass is 10.0. The molecule has 13 rings (SSSR count). The van der Waals surface area contributed by atoms with E-state index in [4.69, 9.17) is 0 Å². The number of thiophene rings is 2. The van der Waals surface area contributed by atoms with E-state index in [0.717, 1.165) is 22.7 Å². The zero-order chi connectivity index (χ0) is 40.7. The van der Waals surface area contributed by atoms with Gasteiger partial charge in [0.25, 0.3) is 0 Å². The number of benzene rings is 10. The number of hydrogen-bond acceptors (Lipinski definition) is 3. The molecule has 0 amide bonds. The Bertz CT molecular complexity index is 3860. The van der Waals surface area contributed by atoms with Crippen LogP contribution in [0.1, 0.15) is 0 Å². The molecule has 0 N–H and O–H groups in total. The second-order valence-electron chi connectivity index (χ2n) is 16.1. The molecule has 0 spiro atoms. The quantitative estimate of drug-likeness (QED) is 0.162. The second kappa shape index (κ2) is 14.0. The van der Waals surface area contributed by atoms with Crippen molar-refractivity contribution in [2.45, 2.75) is 0 Å². The van der Waals surface area contributed by atoms with Gasteiger partial charge in [-0.1, -0.05) is 146 Å². The maximum Gasteiger partial charge on any atom is 0.0619 e. The van der Waals surface area contributed by atoms with Crippen LogP contribution < -0.4 is 4.90 Å². The van der Waals surface area contributed by atoms with Gasteiger partial charge in [0.1, 0.15) is 0 Å². The molecule has 0 saturated carbocycles. The number of nitrogens with zero attached hydrogens (tertiary/aromatic N) is 2. The minimum Gasteiger partial charge on any atom is -0.310 e. The van der Waals surface area contributed by atoms with Gasteiger partial charge in [0.2, 0.25) is 0 Å². The smallest absolute Gasteiger partial charge is 0.0619 e. The summed E-state index contributed by atoms with van der Waals surface area (Å²) in [6.45, 7) is 0. The molecule has 290 valence electrons. The molecule has 0 aliphatic heterocycles. The van der Waals surface area contributed by atoms with Crippen molar-refractivity contribution in [3.05, 3.63) is 218 Å². The summed E-state index contributed by atoms with van der Waals surface area (Å²) in [6.07, 6.45) is 0. The van der Waals surface area contributed by atoms with Crippen LogP contribution in [0.4, 0.5) is 17.1 Å². The lowest BCUT2D eigenvalue weighted by Gasteiger charge is -2.26. The van der Waals surface area contributed by atoms with Gasteiger partial charge in [0.05, 0.1) is 11.0 Å². The van der Waals surface area contributed by atoms with Crippen molar-refractivity contribution in [3.63, 3.8) is 0 Å². The maximum atomic E-state index is 2.45. The first-order valence-electron chi connectivity index (χ1n) is 21.1. The van der Waals surface area contributed by atoms with E-state index in [-0.39, 0.29) is 0 Å². The first kappa shape index (κ1) is 35.3. The maximum absolute atomic E-state index is 2.45. The number of fused-ring (bicyclic) bond motifs is 11. The third-order valence-electron chi connectivity index (χ3n) is 12.6. The Morgan fingerprint density at radius 2 is 0.952 bits per heavy atom. The molecular weight excluding hydrogens is 789 g/mol. The molecule has 0 aliphatic rings. The Morgan fingerprint density at radius 3 is 1.76 bits per heavy atom. The highest BCUT2D eigenvalue weighted by molar-refractivity contribution is 7.26. The minimum absolute atomic E-state index is 1.11. The molecule has 4 heteroatoms. The molecule has 0 unspecified atom stereocenters. The molecule has 3 heterocycles. The summed E-state index contributed by atoms with van der Waals surface area (Å²) < 4.78 is 7.67. The Labute approximate surface area is 366 Å². The van der Waals surface area contributed by atoms with Gasteiger partial charge in [0, 0.05) is 79.3 Å². The van der Waals surface area contributed by atoms with Crippen molar-refractivity contribution >= 4 is 113 Å². The molecule has 0 atom stereocenters. The van der Waals surface area contributed by atoms with Gasteiger partial charge in [0.15, 0.2) is 0 Å². The van der Waals surface area contributed by atoms with Gasteiger partial charge in [-0.3, -0.25) is 0 Å². The Kier molecular flexibility index (Phi) is 7.99. The average Bonchev–Trinajstić information content (AvgIpc) is 4.02. The molecule has 0 bridgehead atoms. The van der Waals surface area contributed by atoms with E-state index >= 15 is 0 Å². The zero-order valence-corrected chi connectivity index (χ0v) is 35.1. The highest BCUT2D eigenvalue weighted by Gasteiger charge is 2.20. The number of anilines is 3. The lowest BCUT2D eigenvalue weighted by Crippen LogP contribution is -2.09. The number of aromatic nitrogens is 1. The van der Waals surface area contributed by atoms with E-state index in [0.29, 0.717) is 0 Å². The van der Waals surface area contributed by atoms with Crippen molar-refractivity contribution in [1.82, 2.24) is 4.57 Å². The normalized spacial score (nSPS) is 11.9. The standard InChI is InChI=1S/C58H36N2S2/c1-3-12-38(13-4-1)46-19-11-20-50-52-36-44(29-33-56(52)62-58(46)50)59(43-28-32-55-51(35-43)48-18-9-10-21-54(48)61-55)42-26-22-37(23-27-42)40-25-30-47-49-31-24-39-14-7-8-17-45(39)57(49)60(53(47)34-40)41-15-5-2-6-16-41/h1-36H. The molecule has 0 radical (unpaired) electrons. The van der Waals surface area contributed by atoms with Gasteiger partial charge < -0.3 is 9.47 Å². The summed E-state index contributed by atoms with van der Waals surface area (Å²) in [5.41, 5.74) is 11.9. The van der Waals surface area contributed by atoms with E-state index in [2.05, 4.69) is 228 Å². The van der Waals surface area contributed by atoms with Gasteiger partial charge >= 0.3 is 0 Å². The molecule has 3 aromatic heterocycles. The SMILES string of the molecule is c1ccc(-c2cccc3c2sc2ccc(N(c4ccc(-c5ccc6c7ccc8ccccc8c7n(-c7ccccc7)c6c5)cc4)c4ccc5sc6ccccc6c5c4)cc23)cc1. The van der Waals surface area contributed by atoms with Crippen molar-refractivity contribution in [1.29, 1.82) is 0 Å². The van der Waals surface area contributed by atoms with Crippen LogP contribution in [0.15, 0.2) is 218 Å². The molecule has 62 heavy (non-hydrogen) atoms. The van der Waals surface area contributed by atoms with Gasteiger partial charge in [-0.15, -0.1) is 22.7 Å². The fourth-order valence-corrected chi connectivity index (χ4v) is 12.0. The van der Waals surface area contributed by atoms with Crippen LogP contribution in [0, 0.1) is 0 Å². The van der Waals surface area contributed by atoms with Gasteiger partial charge in [-0.25, -0.2) is 0 Å². The van der Waals surface area contributed by atoms with Crippen LogP contribution in [0.5, 0.6) is 0 Å². The highest BCUT2D eigenvalue weighted by Crippen LogP contribution is 2.46. The summed E-state index contributed by atoms with van der Waals surface area (Å²) in [5.74, 6) is 0. The number of rotatable bonds is 6. The second-order valence-corrected chi connectivity index (χ2v) is 18.2. The van der Waals surface area contributed by atoms with E-state index in [1.54, 1.807) is 0 Å².